The Hall–Kier alpha value is -4.72. The van der Waals surface area contributed by atoms with E-state index in [1.54, 1.807) is 80.9 Å². The SMILES string of the molecule is CC(Oc1cc(F)ccc1N(CCCNC(=O)OC(C)(C)C)C(=O)OC(C)(C)C)c1cc(C(=O)N(C)C)cc2ncc(N3CCOCC3)nc12. The van der Waals surface area contributed by atoms with Gasteiger partial charge in [0.05, 0.1) is 36.1 Å². The van der Waals surface area contributed by atoms with E-state index < -0.39 is 35.3 Å². The Kier molecular flexibility index (Phi) is 12.1. The number of nitrogens with zero attached hydrogens (tertiary/aromatic N) is 5. The Balaban J connectivity index is 1.70. The van der Waals surface area contributed by atoms with Crippen LogP contribution in [0.2, 0.25) is 0 Å². The van der Waals surface area contributed by atoms with Crippen molar-refractivity contribution in [1.82, 2.24) is 20.2 Å². The summed E-state index contributed by atoms with van der Waals surface area (Å²) in [6.07, 6.45) is -0.0404. The first-order chi connectivity index (χ1) is 23.4. The van der Waals surface area contributed by atoms with Gasteiger partial charge in [-0.25, -0.2) is 19.0 Å². The second kappa shape index (κ2) is 15.9. The summed E-state index contributed by atoms with van der Waals surface area (Å²) in [7, 11) is 3.32. The first kappa shape index (κ1) is 38.1. The van der Waals surface area contributed by atoms with Crippen LogP contribution >= 0.6 is 0 Å². The summed E-state index contributed by atoms with van der Waals surface area (Å²) < 4.78 is 37.9. The number of alkyl carbamates (subject to hydrolysis) is 1. The minimum absolute atomic E-state index is 0.0678. The molecule has 3 amide bonds. The molecular weight excluding hydrogens is 647 g/mol. The van der Waals surface area contributed by atoms with Gasteiger partial charge in [0, 0.05) is 57.5 Å². The molecule has 0 radical (unpaired) electrons. The lowest BCUT2D eigenvalue weighted by molar-refractivity contribution is 0.0527. The second-order valence-corrected chi connectivity index (χ2v) is 14.2. The van der Waals surface area contributed by atoms with E-state index in [1.807, 2.05) is 0 Å². The lowest BCUT2D eigenvalue weighted by atomic mass is 10.0. The number of carbonyl (C=O) groups excluding carboxylic acids is 3. The number of halogens is 1. The fraction of sp³-hybridized carbons (Fsp3) is 0.528. The Bertz CT molecular complexity index is 1680. The first-order valence-electron chi connectivity index (χ1n) is 16.7. The summed E-state index contributed by atoms with van der Waals surface area (Å²) in [6.45, 7) is 15.0. The Morgan fingerprint density at radius 1 is 1.02 bits per heavy atom. The van der Waals surface area contributed by atoms with Crippen LogP contribution in [0.25, 0.3) is 11.0 Å². The highest BCUT2D eigenvalue weighted by Gasteiger charge is 2.28. The topological polar surface area (TPSA) is 136 Å². The molecule has 2 aromatic carbocycles. The lowest BCUT2D eigenvalue weighted by Crippen LogP contribution is -2.39. The molecule has 1 aliphatic heterocycles. The average Bonchev–Trinajstić information content (AvgIpc) is 3.02. The fourth-order valence-electron chi connectivity index (χ4n) is 5.20. The molecule has 2 heterocycles. The fourth-order valence-corrected chi connectivity index (χ4v) is 5.20. The predicted molar refractivity (Wildman–Crippen MR) is 188 cm³/mol. The van der Waals surface area contributed by atoms with Crippen LogP contribution in [0.5, 0.6) is 5.75 Å². The molecule has 50 heavy (non-hydrogen) atoms. The summed E-state index contributed by atoms with van der Waals surface area (Å²) in [5.41, 5.74) is 0.719. The molecule has 0 aliphatic carbocycles. The van der Waals surface area contributed by atoms with E-state index in [4.69, 9.17) is 23.9 Å². The molecule has 14 heteroatoms. The third kappa shape index (κ3) is 10.4. The van der Waals surface area contributed by atoms with Gasteiger partial charge < -0.3 is 34.1 Å². The number of morpholine rings is 1. The molecule has 4 rings (SSSR count). The van der Waals surface area contributed by atoms with E-state index >= 15 is 0 Å². The maximum absolute atomic E-state index is 14.9. The molecule has 1 N–H and O–H groups in total. The molecular formula is C36H49FN6O7. The van der Waals surface area contributed by atoms with E-state index in [1.165, 1.54) is 28.0 Å². The van der Waals surface area contributed by atoms with Gasteiger partial charge in [-0.15, -0.1) is 0 Å². The molecule has 1 atom stereocenters. The highest BCUT2D eigenvalue weighted by atomic mass is 19.1. The average molecular weight is 697 g/mol. The zero-order chi connectivity index (χ0) is 36.8. The number of fused-ring (bicyclic) bond motifs is 1. The number of amides is 3. The molecule has 1 aromatic heterocycles. The zero-order valence-corrected chi connectivity index (χ0v) is 30.5. The van der Waals surface area contributed by atoms with Gasteiger partial charge in [0.15, 0.2) is 0 Å². The number of carbonyl (C=O) groups is 3. The summed E-state index contributed by atoms with van der Waals surface area (Å²) in [6, 6.07) is 7.27. The Labute approximate surface area is 293 Å². The van der Waals surface area contributed by atoms with Crippen molar-refractivity contribution in [3.8, 4) is 5.75 Å². The molecule has 272 valence electrons. The maximum Gasteiger partial charge on any atom is 0.414 e. The minimum atomic E-state index is -0.826. The van der Waals surface area contributed by atoms with Gasteiger partial charge in [-0.3, -0.25) is 14.7 Å². The van der Waals surface area contributed by atoms with Crippen molar-refractivity contribution in [2.24, 2.45) is 0 Å². The van der Waals surface area contributed by atoms with E-state index in [0.717, 1.165) is 0 Å². The number of hydrogen-bond donors (Lipinski definition) is 1. The van der Waals surface area contributed by atoms with E-state index in [9.17, 15) is 18.8 Å². The van der Waals surface area contributed by atoms with Crippen LogP contribution in [0.15, 0.2) is 36.5 Å². The predicted octanol–water partition coefficient (Wildman–Crippen LogP) is 6.10. The molecule has 0 bridgehead atoms. The molecule has 3 aromatic rings. The van der Waals surface area contributed by atoms with Crippen molar-refractivity contribution >= 4 is 40.6 Å². The summed E-state index contributed by atoms with van der Waals surface area (Å²) >= 11 is 0. The molecule has 13 nitrogen and oxygen atoms in total. The smallest absolute Gasteiger partial charge is 0.414 e. The van der Waals surface area contributed by atoms with Crippen LogP contribution in [-0.2, 0) is 14.2 Å². The molecule has 1 unspecified atom stereocenters. The maximum atomic E-state index is 14.9. The third-order valence-corrected chi connectivity index (χ3v) is 7.45. The minimum Gasteiger partial charge on any atom is -0.484 e. The normalized spacial score (nSPS) is 14.2. The van der Waals surface area contributed by atoms with Crippen molar-refractivity contribution in [2.45, 2.75) is 72.2 Å². The third-order valence-electron chi connectivity index (χ3n) is 7.45. The van der Waals surface area contributed by atoms with Gasteiger partial charge in [0.1, 0.15) is 34.7 Å². The van der Waals surface area contributed by atoms with Gasteiger partial charge in [-0.05, 0) is 79.2 Å². The molecule has 0 spiro atoms. The molecule has 1 fully saturated rings. The summed E-state index contributed by atoms with van der Waals surface area (Å²) in [4.78, 5) is 53.4. The zero-order valence-electron chi connectivity index (χ0n) is 30.5. The van der Waals surface area contributed by atoms with Crippen LogP contribution in [0.3, 0.4) is 0 Å². The number of nitrogens with one attached hydrogen (secondary N) is 1. The van der Waals surface area contributed by atoms with Crippen LogP contribution < -0.4 is 19.9 Å². The first-order valence-corrected chi connectivity index (χ1v) is 16.7. The molecule has 1 saturated heterocycles. The number of hydrogen-bond acceptors (Lipinski definition) is 10. The van der Waals surface area contributed by atoms with Crippen LogP contribution in [0, 0.1) is 5.82 Å². The van der Waals surface area contributed by atoms with Crippen molar-refractivity contribution < 1.29 is 37.7 Å². The van der Waals surface area contributed by atoms with E-state index in [2.05, 4.69) is 15.2 Å². The van der Waals surface area contributed by atoms with Gasteiger partial charge in [-0.2, -0.15) is 0 Å². The Morgan fingerprint density at radius 2 is 1.70 bits per heavy atom. The second-order valence-electron chi connectivity index (χ2n) is 14.2. The van der Waals surface area contributed by atoms with Crippen molar-refractivity contribution in [2.75, 3.05) is 63.3 Å². The van der Waals surface area contributed by atoms with Crippen LogP contribution in [-0.4, -0.2) is 97.7 Å². The number of aromatic nitrogens is 2. The number of rotatable bonds is 10. The number of ether oxygens (including phenoxy) is 4. The summed E-state index contributed by atoms with van der Waals surface area (Å²) in [5, 5.41) is 2.69. The van der Waals surface area contributed by atoms with E-state index in [-0.39, 0.29) is 30.4 Å². The quantitative estimate of drug-likeness (QED) is 0.248. The largest absolute Gasteiger partial charge is 0.484 e. The van der Waals surface area contributed by atoms with Crippen molar-refractivity contribution in [3.05, 3.63) is 53.5 Å². The van der Waals surface area contributed by atoms with Gasteiger partial charge in [0.25, 0.3) is 5.91 Å². The van der Waals surface area contributed by atoms with Crippen molar-refractivity contribution in [3.63, 3.8) is 0 Å². The van der Waals surface area contributed by atoms with Gasteiger partial charge in [-0.1, -0.05) is 0 Å². The Morgan fingerprint density at radius 3 is 2.34 bits per heavy atom. The van der Waals surface area contributed by atoms with E-state index in [0.29, 0.717) is 60.7 Å². The monoisotopic (exact) mass is 696 g/mol. The number of benzene rings is 2. The molecule has 0 saturated carbocycles. The highest BCUT2D eigenvalue weighted by molar-refractivity contribution is 5.98. The van der Waals surface area contributed by atoms with Gasteiger partial charge >= 0.3 is 12.2 Å². The van der Waals surface area contributed by atoms with Crippen LogP contribution in [0.4, 0.5) is 25.5 Å². The standard InChI is InChI=1S/C36H49FN6O7/c1-23(26-19-24(32(44)41(8)9)20-27-31(26)40-30(22-39-27)42-15-17-47-18-16-42)48-29-21-25(37)11-12-28(29)43(34(46)50-36(5,6)7)14-10-13-38-33(45)49-35(2,3)4/h11-12,19-23H,10,13-18H2,1-9H3,(H,38,45). The lowest BCUT2D eigenvalue weighted by Gasteiger charge is -2.30. The van der Waals surface area contributed by atoms with Crippen LogP contribution in [0.1, 0.15) is 76.9 Å². The molecule has 1 aliphatic rings. The highest BCUT2D eigenvalue weighted by Crippen LogP contribution is 2.36. The van der Waals surface area contributed by atoms with Crippen molar-refractivity contribution in [1.29, 1.82) is 0 Å². The van der Waals surface area contributed by atoms with Gasteiger partial charge in [0.2, 0.25) is 0 Å². The number of anilines is 2. The summed E-state index contributed by atoms with van der Waals surface area (Å²) in [5.74, 6) is -0.0915.